The van der Waals surface area contributed by atoms with Crippen LogP contribution in [-0.4, -0.2) is 81.7 Å². The quantitative estimate of drug-likeness (QED) is 0.142. The number of hydrogen-bond acceptors (Lipinski definition) is 8. The molecule has 0 rings (SSSR count). The highest BCUT2D eigenvalue weighted by atomic mass is 16.4. The fraction of sp³-hybridized carbons (Fsp3) is 0.600. The Kier molecular flexibility index (Phi) is 10.9. The maximum absolute atomic E-state index is 12.3. The molecular formula is C15H25N5O9. The number of rotatable bonds is 13. The van der Waals surface area contributed by atoms with E-state index in [1.165, 1.54) is 6.92 Å². The molecule has 0 aromatic carbocycles. The van der Waals surface area contributed by atoms with Crippen molar-refractivity contribution in [3.05, 3.63) is 0 Å². The van der Waals surface area contributed by atoms with Crippen LogP contribution in [0.3, 0.4) is 0 Å². The normalized spacial score (nSPS) is 14.6. The molecule has 0 aliphatic carbocycles. The fourth-order valence-corrected chi connectivity index (χ4v) is 1.98. The van der Waals surface area contributed by atoms with Crippen LogP contribution in [0.1, 0.15) is 26.2 Å². The highest BCUT2D eigenvalue weighted by Crippen LogP contribution is 2.00. The lowest BCUT2D eigenvalue weighted by Crippen LogP contribution is -2.58. The lowest BCUT2D eigenvalue weighted by molar-refractivity contribution is -0.143. The van der Waals surface area contributed by atoms with Gasteiger partial charge in [0.05, 0.1) is 19.1 Å². The molecule has 0 aliphatic heterocycles. The second-order valence-electron chi connectivity index (χ2n) is 6.10. The van der Waals surface area contributed by atoms with Crippen molar-refractivity contribution in [1.29, 1.82) is 0 Å². The van der Waals surface area contributed by atoms with Gasteiger partial charge >= 0.3 is 11.9 Å². The molecule has 0 spiro atoms. The van der Waals surface area contributed by atoms with Gasteiger partial charge in [-0.2, -0.15) is 0 Å². The van der Waals surface area contributed by atoms with E-state index >= 15 is 0 Å². The van der Waals surface area contributed by atoms with Gasteiger partial charge in [-0.05, 0) is 13.3 Å². The largest absolute Gasteiger partial charge is 0.481 e. The van der Waals surface area contributed by atoms with Crippen molar-refractivity contribution in [3.8, 4) is 0 Å². The Morgan fingerprint density at radius 2 is 1.34 bits per heavy atom. The molecule has 10 N–H and O–H groups in total. The molecule has 0 aliphatic rings. The number of nitrogens with two attached hydrogens (primary N) is 2. The van der Waals surface area contributed by atoms with Gasteiger partial charge in [0.2, 0.25) is 23.6 Å². The molecule has 0 fully saturated rings. The minimum absolute atomic E-state index is 0.433. The van der Waals surface area contributed by atoms with Gasteiger partial charge in [-0.3, -0.25) is 24.0 Å². The van der Waals surface area contributed by atoms with Crippen LogP contribution in [0.25, 0.3) is 0 Å². The number of carbonyl (C=O) groups excluding carboxylic acids is 4. The highest BCUT2D eigenvalue weighted by Gasteiger charge is 2.30. The summed E-state index contributed by atoms with van der Waals surface area (Å²) in [5, 5.41) is 33.2. The van der Waals surface area contributed by atoms with Crippen LogP contribution < -0.4 is 27.4 Å². The van der Waals surface area contributed by atoms with Gasteiger partial charge < -0.3 is 42.7 Å². The number of carboxylic acids is 2. The van der Waals surface area contributed by atoms with Crippen LogP contribution in [0.5, 0.6) is 0 Å². The zero-order valence-corrected chi connectivity index (χ0v) is 15.6. The van der Waals surface area contributed by atoms with Crippen molar-refractivity contribution >= 4 is 35.6 Å². The van der Waals surface area contributed by atoms with Crippen LogP contribution >= 0.6 is 0 Å². The minimum atomic E-state index is -1.64. The van der Waals surface area contributed by atoms with E-state index < -0.39 is 85.6 Å². The number of carboxylic acid groups (broad SMARTS) is 2. The minimum Gasteiger partial charge on any atom is -0.481 e. The molecule has 14 nitrogen and oxygen atoms in total. The molecule has 0 saturated heterocycles. The Hall–Kier alpha value is -3.26. The molecular weight excluding hydrogens is 394 g/mol. The van der Waals surface area contributed by atoms with Crippen LogP contribution in [0.4, 0.5) is 0 Å². The van der Waals surface area contributed by atoms with E-state index in [1.807, 2.05) is 5.32 Å². The second-order valence-corrected chi connectivity index (χ2v) is 6.10. The van der Waals surface area contributed by atoms with E-state index in [2.05, 4.69) is 10.6 Å². The topological polar surface area (TPSA) is 251 Å². The smallest absolute Gasteiger partial charge is 0.326 e. The average molecular weight is 419 g/mol. The van der Waals surface area contributed by atoms with Gasteiger partial charge in [-0.1, -0.05) is 0 Å². The van der Waals surface area contributed by atoms with Crippen molar-refractivity contribution in [3.63, 3.8) is 0 Å². The Morgan fingerprint density at radius 1 is 0.862 bits per heavy atom. The van der Waals surface area contributed by atoms with Crippen LogP contribution in [0, 0.1) is 0 Å². The zero-order valence-electron chi connectivity index (χ0n) is 15.6. The van der Waals surface area contributed by atoms with Gasteiger partial charge in [-0.15, -0.1) is 0 Å². The van der Waals surface area contributed by atoms with Gasteiger partial charge in [0, 0.05) is 6.42 Å². The van der Waals surface area contributed by atoms with Crippen molar-refractivity contribution in [2.24, 2.45) is 11.5 Å². The SMILES string of the molecule is CC(N)C(=O)NC(CC(N)=O)C(=O)NC(CO)C(=O)NC(CCC(=O)O)C(=O)O. The maximum Gasteiger partial charge on any atom is 0.326 e. The number of aliphatic carboxylic acids is 2. The van der Waals surface area contributed by atoms with Gasteiger partial charge in [0.25, 0.3) is 0 Å². The average Bonchev–Trinajstić information content (AvgIpc) is 2.60. The van der Waals surface area contributed by atoms with E-state index in [-0.39, 0.29) is 0 Å². The first-order chi connectivity index (χ1) is 13.4. The molecule has 0 aromatic rings. The van der Waals surface area contributed by atoms with E-state index in [1.54, 1.807) is 0 Å². The molecule has 0 aromatic heterocycles. The summed E-state index contributed by atoms with van der Waals surface area (Å²) in [6.45, 7) is 0.370. The number of aliphatic hydroxyl groups excluding tert-OH is 1. The summed E-state index contributed by atoms with van der Waals surface area (Å²) in [6.07, 6.45) is -1.60. The Morgan fingerprint density at radius 3 is 1.76 bits per heavy atom. The van der Waals surface area contributed by atoms with Crippen LogP contribution in [0.2, 0.25) is 0 Å². The van der Waals surface area contributed by atoms with Crippen LogP contribution in [0.15, 0.2) is 0 Å². The summed E-state index contributed by atoms with van der Waals surface area (Å²) >= 11 is 0. The molecule has 4 unspecified atom stereocenters. The lowest BCUT2D eigenvalue weighted by Gasteiger charge is -2.23. The second kappa shape index (κ2) is 12.2. The van der Waals surface area contributed by atoms with Crippen molar-refractivity contribution in [2.45, 2.75) is 50.4 Å². The Balaban J connectivity index is 5.16. The fourth-order valence-electron chi connectivity index (χ4n) is 1.98. The van der Waals surface area contributed by atoms with E-state index in [0.29, 0.717) is 0 Å². The van der Waals surface area contributed by atoms with Crippen molar-refractivity contribution in [2.75, 3.05) is 6.61 Å². The molecule has 4 amide bonds. The van der Waals surface area contributed by atoms with Gasteiger partial charge in [0.1, 0.15) is 18.1 Å². The third kappa shape index (κ3) is 10.0. The third-order valence-electron chi connectivity index (χ3n) is 3.53. The van der Waals surface area contributed by atoms with Gasteiger partial charge in [-0.25, -0.2) is 4.79 Å². The van der Waals surface area contributed by atoms with Gasteiger partial charge in [0.15, 0.2) is 0 Å². The number of aliphatic hydroxyl groups is 1. The predicted molar refractivity (Wildman–Crippen MR) is 94.8 cm³/mol. The molecule has 164 valence electrons. The molecule has 0 radical (unpaired) electrons. The summed E-state index contributed by atoms with van der Waals surface area (Å²) in [7, 11) is 0. The first-order valence-corrected chi connectivity index (χ1v) is 8.39. The summed E-state index contributed by atoms with van der Waals surface area (Å²) in [5.41, 5.74) is 10.4. The number of carbonyl (C=O) groups is 6. The molecule has 29 heavy (non-hydrogen) atoms. The highest BCUT2D eigenvalue weighted by molar-refractivity contribution is 5.96. The van der Waals surface area contributed by atoms with Crippen LogP contribution in [-0.2, 0) is 28.8 Å². The van der Waals surface area contributed by atoms with Crippen molar-refractivity contribution < 1.29 is 44.1 Å². The molecule has 0 heterocycles. The first-order valence-electron chi connectivity index (χ1n) is 8.39. The standard InChI is InChI=1S/C15H25N5O9/c1-6(16)12(25)19-8(4-10(17)22)13(26)20-9(5-21)14(27)18-7(15(28)29)2-3-11(23)24/h6-9,21H,2-5,16H2,1H3,(H2,17,22)(H,18,27)(H,19,25)(H,20,26)(H,23,24)(H,28,29). The Bertz CT molecular complexity index is 652. The molecule has 0 saturated carbocycles. The monoisotopic (exact) mass is 419 g/mol. The number of hydrogen-bond donors (Lipinski definition) is 8. The number of amides is 4. The number of nitrogens with one attached hydrogen (secondary N) is 3. The molecule has 4 atom stereocenters. The summed E-state index contributed by atoms with van der Waals surface area (Å²) in [4.78, 5) is 68.9. The van der Waals surface area contributed by atoms with E-state index in [0.717, 1.165) is 0 Å². The summed E-state index contributed by atoms with van der Waals surface area (Å²) < 4.78 is 0. The maximum atomic E-state index is 12.3. The third-order valence-corrected chi connectivity index (χ3v) is 3.53. The molecule has 0 bridgehead atoms. The zero-order chi connectivity index (χ0) is 22.7. The van der Waals surface area contributed by atoms with Crippen molar-refractivity contribution in [1.82, 2.24) is 16.0 Å². The lowest BCUT2D eigenvalue weighted by atomic mass is 10.1. The summed E-state index contributed by atoms with van der Waals surface area (Å²) in [5.74, 6) is -6.69. The first kappa shape index (κ1) is 25.7. The predicted octanol–water partition coefficient (Wildman–Crippen LogP) is -4.39. The summed E-state index contributed by atoms with van der Waals surface area (Å²) in [6, 6.07) is -5.73. The van der Waals surface area contributed by atoms with E-state index in [4.69, 9.17) is 21.7 Å². The molecule has 14 heteroatoms. The number of primary amides is 1. The Labute approximate surface area is 165 Å². The van der Waals surface area contributed by atoms with E-state index in [9.17, 15) is 33.9 Å².